The van der Waals surface area contributed by atoms with Crippen molar-refractivity contribution in [2.45, 2.75) is 31.5 Å². The molecule has 2 aromatic rings. The molecule has 2 aliphatic rings. The Labute approximate surface area is 209 Å². The Morgan fingerprint density at radius 2 is 1.83 bits per heavy atom. The van der Waals surface area contributed by atoms with Gasteiger partial charge in [-0.05, 0) is 23.3 Å². The van der Waals surface area contributed by atoms with E-state index < -0.39 is 18.0 Å². The lowest BCUT2D eigenvalue weighted by atomic mass is 9.99. The van der Waals surface area contributed by atoms with Crippen molar-refractivity contribution in [2.75, 3.05) is 40.4 Å². The summed E-state index contributed by atoms with van der Waals surface area (Å²) in [7, 11) is 2.89. The standard InChI is InChI=1S/C27H30N2O7/c1-34-19-7-5-6-18(12-19)17-36-20-14-28(11-10-26(32)35-2)25(31)16-29(15-20)27(33)23-13-24(30)22-9-4-3-8-21(22)23/h3-9,12,20,23H,10-11,13-17H2,1-2H3. The average Bonchev–Trinajstić information content (AvgIpc) is 3.15. The van der Waals surface area contributed by atoms with Crippen LogP contribution in [0.2, 0.25) is 0 Å². The first-order chi connectivity index (χ1) is 17.4. The summed E-state index contributed by atoms with van der Waals surface area (Å²) in [5, 5.41) is 0. The molecule has 4 rings (SSSR count). The highest BCUT2D eigenvalue weighted by Crippen LogP contribution is 2.34. The Hall–Kier alpha value is -3.72. The number of ketones is 1. The monoisotopic (exact) mass is 494 g/mol. The van der Waals surface area contributed by atoms with Crippen LogP contribution in [0.3, 0.4) is 0 Å². The number of carbonyl (C=O) groups excluding carboxylic acids is 4. The van der Waals surface area contributed by atoms with Crippen molar-refractivity contribution in [3.63, 3.8) is 0 Å². The quantitative estimate of drug-likeness (QED) is 0.519. The van der Waals surface area contributed by atoms with E-state index in [2.05, 4.69) is 0 Å². The van der Waals surface area contributed by atoms with E-state index in [0.29, 0.717) is 16.9 Å². The number of Topliss-reactive ketones (excluding diaryl/α,β-unsaturated/α-hetero) is 1. The summed E-state index contributed by atoms with van der Waals surface area (Å²) in [6.07, 6.45) is -0.357. The molecule has 9 nitrogen and oxygen atoms in total. The number of benzene rings is 2. The van der Waals surface area contributed by atoms with Crippen LogP contribution in [-0.2, 0) is 30.5 Å². The Kier molecular flexibility index (Phi) is 8.00. The molecule has 2 aromatic carbocycles. The summed E-state index contributed by atoms with van der Waals surface area (Å²) < 4.78 is 16.2. The number of hydrogen-bond acceptors (Lipinski definition) is 7. The molecule has 1 heterocycles. The minimum atomic E-state index is -0.623. The van der Waals surface area contributed by atoms with Gasteiger partial charge in [-0.25, -0.2) is 0 Å². The number of ether oxygens (including phenoxy) is 3. The zero-order valence-corrected chi connectivity index (χ0v) is 20.5. The zero-order chi connectivity index (χ0) is 25.7. The van der Waals surface area contributed by atoms with Crippen LogP contribution in [0.25, 0.3) is 0 Å². The number of fused-ring (bicyclic) bond motifs is 1. The van der Waals surface area contributed by atoms with Crippen molar-refractivity contribution in [3.8, 4) is 5.75 Å². The molecule has 2 amide bonds. The van der Waals surface area contributed by atoms with Gasteiger partial charge in [0.05, 0.1) is 45.8 Å². The van der Waals surface area contributed by atoms with E-state index in [1.54, 1.807) is 31.4 Å². The lowest BCUT2D eigenvalue weighted by molar-refractivity contribution is -0.143. The summed E-state index contributed by atoms with van der Waals surface area (Å²) in [4.78, 5) is 53.9. The molecule has 1 aliphatic carbocycles. The second-order valence-corrected chi connectivity index (χ2v) is 8.94. The normalized spacial score (nSPS) is 19.6. The van der Waals surface area contributed by atoms with E-state index in [9.17, 15) is 19.2 Å². The molecule has 1 fully saturated rings. The molecular weight excluding hydrogens is 464 g/mol. The van der Waals surface area contributed by atoms with E-state index >= 15 is 0 Å². The Balaban J connectivity index is 1.52. The highest BCUT2D eigenvalue weighted by molar-refractivity contribution is 6.07. The number of rotatable bonds is 8. The zero-order valence-electron chi connectivity index (χ0n) is 20.5. The first kappa shape index (κ1) is 25.4. The smallest absolute Gasteiger partial charge is 0.307 e. The fourth-order valence-corrected chi connectivity index (χ4v) is 4.67. The summed E-state index contributed by atoms with van der Waals surface area (Å²) in [6, 6.07) is 14.6. The maximum Gasteiger partial charge on any atom is 0.307 e. The van der Waals surface area contributed by atoms with Crippen LogP contribution < -0.4 is 4.74 Å². The van der Waals surface area contributed by atoms with Crippen molar-refractivity contribution in [1.29, 1.82) is 0 Å². The first-order valence-corrected chi connectivity index (χ1v) is 11.9. The van der Waals surface area contributed by atoms with Gasteiger partial charge in [0.2, 0.25) is 11.8 Å². The largest absolute Gasteiger partial charge is 0.497 e. The van der Waals surface area contributed by atoms with Gasteiger partial charge in [0, 0.05) is 31.6 Å². The van der Waals surface area contributed by atoms with Crippen LogP contribution >= 0.6 is 0 Å². The highest BCUT2D eigenvalue weighted by atomic mass is 16.5. The first-order valence-electron chi connectivity index (χ1n) is 11.9. The van der Waals surface area contributed by atoms with E-state index in [0.717, 1.165) is 5.56 Å². The summed E-state index contributed by atoms with van der Waals surface area (Å²) in [5.74, 6) is -0.968. The molecule has 0 N–H and O–H groups in total. The molecule has 2 atom stereocenters. The Morgan fingerprint density at radius 3 is 2.61 bits per heavy atom. The molecule has 9 heteroatoms. The molecular formula is C27H30N2O7. The van der Waals surface area contributed by atoms with Gasteiger partial charge in [-0.15, -0.1) is 0 Å². The molecule has 0 radical (unpaired) electrons. The molecule has 36 heavy (non-hydrogen) atoms. The van der Waals surface area contributed by atoms with Gasteiger partial charge in [0.1, 0.15) is 5.75 Å². The molecule has 0 aromatic heterocycles. The second kappa shape index (κ2) is 11.3. The van der Waals surface area contributed by atoms with Crippen LogP contribution in [0.1, 0.15) is 40.2 Å². The Morgan fingerprint density at radius 1 is 1.03 bits per heavy atom. The molecule has 190 valence electrons. The van der Waals surface area contributed by atoms with Gasteiger partial charge in [0.25, 0.3) is 0 Å². The van der Waals surface area contributed by atoms with Crippen molar-refractivity contribution >= 4 is 23.6 Å². The average molecular weight is 495 g/mol. The number of nitrogens with zero attached hydrogens (tertiary/aromatic N) is 2. The summed E-state index contributed by atoms with van der Waals surface area (Å²) in [5.41, 5.74) is 2.14. The maximum absolute atomic E-state index is 13.6. The summed E-state index contributed by atoms with van der Waals surface area (Å²) >= 11 is 0. The van der Waals surface area contributed by atoms with Gasteiger partial charge in [-0.2, -0.15) is 0 Å². The van der Waals surface area contributed by atoms with E-state index in [1.165, 1.54) is 16.9 Å². The van der Waals surface area contributed by atoms with E-state index in [-0.39, 0.29) is 63.2 Å². The molecule has 0 spiro atoms. The van der Waals surface area contributed by atoms with Crippen molar-refractivity contribution in [2.24, 2.45) is 0 Å². The number of amides is 2. The minimum absolute atomic E-state index is 0.0449. The van der Waals surface area contributed by atoms with Gasteiger partial charge >= 0.3 is 5.97 Å². The third-order valence-electron chi connectivity index (χ3n) is 6.60. The molecule has 0 saturated carbocycles. The number of hydrogen-bond donors (Lipinski definition) is 0. The molecule has 0 bridgehead atoms. The van der Waals surface area contributed by atoms with E-state index in [1.807, 2.05) is 24.3 Å². The third kappa shape index (κ3) is 5.73. The van der Waals surface area contributed by atoms with Crippen molar-refractivity contribution in [3.05, 3.63) is 65.2 Å². The molecule has 1 saturated heterocycles. The number of carbonyl (C=O) groups is 4. The Bertz CT molecular complexity index is 1150. The van der Waals surface area contributed by atoms with Gasteiger partial charge in [0.15, 0.2) is 5.78 Å². The van der Waals surface area contributed by atoms with Crippen LogP contribution in [0.15, 0.2) is 48.5 Å². The second-order valence-electron chi connectivity index (χ2n) is 8.94. The minimum Gasteiger partial charge on any atom is -0.497 e. The van der Waals surface area contributed by atoms with Gasteiger partial charge in [-0.1, -0.05) is 36.4 Å². The topological polar surface area (TPSA) is 102 Å². The van der Waals surface area contributed by atoms with Gasteiger partial charge in [-0.3, -0.25) is 19.2 Å². The molecule has 1 aliphatic heterocycles. The van der Waals surface area contributed by atoms with Crippen LogP contribution in [-0.4, -0.2) is 79.9 Å². The SMILES string of the molecule is COC(=O)CCN1CC(OCc2cccc(OC)c2)CN(C(=O)C2CC(=O)c3ccccc32)CC1=O. The molecule has 2 unspecified atom stereocenters. The lowest BCUT2D eigenvalue weighted by Crippen LogP contribution is -2.42. The van der Waals surface area contributed by atoms with Crippen LogP contribution in [0.5, 0.6) is 5.75 Å². The maximum atomic E-state index is 13.6. The fraction of sp³-hybridized carbons (Fsp3) is 0.407. The van der Waals surface area contributed by atoms with Crippen molar-refractivity contribution < 1.29 is 33.4 Å². The third-order valence-corrected chi connectivity index (χ3v) is 6.60. The fourth-order valence-electron chi connectivity index (χ4n) is 4.67. The van der Waals surface area contributed by atoms with Crippen molar-refractivity contribution in [1.82, 2.24) is 9.80 Å². The number of esters is 1. The number of methoxy groups -OCH3 is 2. The van der Waals surface area contributed by atoms with Crippen LogP contribution in [0, 0.1) is 0 Å². The lowest BCUT2D eigenvalue weighted by Gasteiger charge is -2.26. The highest BCUT2D eigenvalue weighted by Gasteiger charge is 2.39. The van der Waals surface area contributed by atoms with Gasteiger partial charge < -0.3 is 24.0 Å². The predicted octanol–water partition coefficient (Wildman–Crippen LogP) is 2.18. The van der Waals surface area contributed by atoms with Crippen LogP contribution in [0.4, 0.5) is 0 Å². The van der Waals surface area contributed by atoms with E-state index in [4.69, 9.17) is 14.2 Å². The predicted molar refractivity (Wildman–Crippen MR) is 129 cm³/mol. The summed E-state index contributed by atoms with van der Waals surface area (Å²) in [6.45, 7) is 0.691.